The molecule has 2 heterocycles. The number of rotatable bonds is 4. The Kier molecular flexibility index (Phi) is 5.95. The molecule has 1 saturated carbocycles. The predicted molar refractivity (Wildman–Crippen MR) is 132 cm³/mol. The Morgan fingerprint density at radius 3 is 2.69 bits per heavy atom. The summed E-state index contributed by atoms with van der Waals surface area (Å²) in [5.41, 5.74) is 4.96. The van der Waals surface area contributed by atoms with E-state index >= 15 is 0 Å². The number of hydrogen-bond donors (Lipinski definition) is 1. The number of aryl methyl sites for hydroxylation is 1. The molecule has 0 spiro atoms. The van der Waals surface area contributed by atoms with Crippen molar-refractivity contribution in [3.63, 3.8) is 0 Å². The van der Waals surface area contributed by atoms with Gasteiger partial charge in [0.1, 0.15) is 0 Å². The molecule has 1 amide bonds. The lowest BCUT2D eigenvalue weighted by molar-refractivity contribution is -0.115. The van der Waals surface area contributed by atoms with Gasteiger partial charge in [0, 0.05) is 17.3 Å². The molecule has 5 rings (SSSR count). The third-order valence-electron chi connectivity index (χ3n) is 5.87. The molecular formula is C26H26N4OS. The fourth-order valence-electron chi connectivity index (χ4n) is 4.23. The zero-order valence-electron chi connectivity index (χ0n) is 18.1. The van der Waals surface area contributed by atoms with Gasteiger partial charge in [-0.15, -0.1) is 0 Å². The van der Waals surface area contributed by atoms with Gasteiger partial charge in [0.25, 0.3) is 5.91 Å². The molecule has 0 radical (unpaired) electrons. The molecule has 5 nitrogen and oxygen atoms in total. The second-order valence-electron chi connectivity index (χ2n) is 8.37. The third kappa shape index (κ3) is 4.55. The molecule has 1 N–H and O–H groups in total. The van der Waals surface area contributed by atoms with Crippen LogP contribution in [0, 0.1) is 6.92 Å². The topological polar surface area (TPSA) is 59.3 Å². The van der Waals surface area contributed by atoms with Crippen molar-refractivity contribution in [2.75, 3.05) is 0 Å². The van der Waals surface area contributed by atoms with Crippen LogP contribution in [0.5, 0.6) is 0 Å². The van der Waals surface area contributed by atoms with E-state index in [1.165, 1.54) is 36.6 Å². The number of aliphatic imine (C=N–C) groups is 1. The van der Waals surface area contributed by atoms with Crippen LogP contribution in [0.25, 0.3) is 23.0 Å². The van der Waals surface area contributed by atoms with E-state index in [1.807, 2.05) is 53.4 Å². The zero-order valence-corrected chi connectivity index (χ0v) is 18.9. The van der Waals surface area contributed by atoms with Crippen molar-refractivity contribution in [3.8, 4) is 16.9 Å². The lowest BCUT2D eigenvalue weighted by atomic mass is 9.96. The molecule has 1 aromatic heterocycles. The summed E-state index contributed by atoms with van der Waals surface area (Å²) in [5.74, 6) is -0.0905. The fourth-order valence-corrected chi connectivity index (χ4v) is 5.11. The van der Waals surface area contributed by atoms with E-state index < -0.39 is 0 Å². The summed E-state index contributed by atoms with van der Waals surface area (Å²) in [6.45, 7) is 2.07. The van der Waals surface area contributed by atoms with Crippen LogP contribution >= 0.6 is 11.8 Å². The molecular weight excluding hydrogens is 416 g/mol. The lowest BCUT2D eigenvalue weighted by Crippen LogP contribution is -2.22. The fraction of sp³-hybridized carbons (Fsp3) is 0.269. The number of thioether (sulfide) groups is 1. The summed E-state index contributed by atoms with van der Waals surface area (Å²) in [6, 6.07) is 18.7. The maximum Gasteiger partial charge on any atom is 0.264 e. The van der Waals surface area contributed by atoms with Crippen molar-refractivity contribution in [1.29, 1.82) is 0 Å². The van der Waals surface area contributed by atoms with E-state index in [0.717, 1.165) is 40.5 Å². The highest BCUT2D eigenvalue weighted by atomic mass is 32.2. The summed E-state index contributed by atoms with van der Waals surface area (Å²) in [5, 5.41) is 8.55. The molecule has 162 valence electrons. The van der Waals surface area contributed by atoms with Crippen LogP contribution in [0.2, 0.25) is 0 Å². The van der Waals surface area contributed by atoms with Crippen molar-refractivity contribution in [3.05, 3.63) is 76.8 Å². The van der Waals surface area contributed by atoms with Crippen molar-refractivity contribution >= 4 is 28.9 Å². The summed E-state index contributed by atoms with van der Waals surface area (Å²) in [4.78, 5) is 18.2. The maximum atomic E-state index is 12.7. The smallest absolute Gasteiger partial charge is 0.264 e. The molecule has 2 aromatic carbocycles. The van der Waals surface area contributed by atoms with Gasteiger partial charge in [-0.2, -0.15) is 5.10 Å². The normalized spacial score (nSPS) is 19.6. The Balaban J connectivity index is 1.50. The van der Waals surface area contributed by atoms with Gasteiger partial charge < -0.3 is 5.32 Å². The van der Waals surface area contributed by atoms with Crippen molar-refractivity contribution in [1.82, 2.24) is 15.1 Å². The minimum Gasteiger partial charge on any atom is -0.301 e. The van der Waals surface area contributed by atoms with Crippen LogP contribution in [-0.4, -0.2) is 26.9 Å². The number of amides is 1. The van der Waals surface area contributed by atoms with Crippen molar-refractivity contribution in [2.24, 2.45) is 4.99 Å². The Hall–Kier alpha value is -3.12. The highest BCUT2D eigenvalue weighted by Crippen LogP contribution is 2.32. The minimum absolute atomic E-state index is 0.0905. The number of carbonyl (C=O) groups excluding carboxylic acids is 1. The number of aromatic nitrogens is 2. The summed E-state index contributed by atoms with van der Waals surface area (Å²) < 4.78 is 1.87. The molecule has 1 saturated heterocycles. The zero-order chi connectivity index (χ0) is 21.9. The van der Waals surface area contributed by atoms with E-state index in [1.54, 1.807) is 0 Å². The molecule has 1 aliphatic carbocycles. The first-order valence-electron chi connectivity index (χ1n) is 11.2. The first-order chi connectivity index (χ1) is 15.7. The van der Waals surface area contributed by atoms with Crippen LogP contribution in [0.3, 0.4) is 0 Å². The van der Waals surface area contributed by atoms with Gasteiger partial charge in [-0.3, -0.25) is 9.79 Å². The molecule has 0 unspecified atom stereocenters. The SMILES string of the molecule is Cc1cccc(-c2nn(-c3ccccc3)cc2C=C2SC(=NC3CCCCC3)NC2=O)c1. The Morgan fingerprint density at radius 1 is 1.09 bits per heavy atom. The monoisotopic (exact) mass is 442 g/mol. The average molecular weight is 443 g/mol. The number of para-hydroxylation sites is 1. The molecule has 2 fully saturated rings. The van der Waals surface area contributed by atoms with E-state index in [9.17, 15) is 4.79 Å². The molecule has 0 atom stereocenters. The van der Waals surface area contributed by atoms with Gasteiger partial charge in [-0.25, -0.2) is 4.68 Å². The van der Waals surface area contributed by atoms with Crippen LogP contribution in [0.15, 0.2) is 70.7 Å². The number of carbonyl (C=O) groups is 1. The van der Waals surface area contributed by atoms with Crippen LogP contribution < -0.4 is 5.32 Å². The minimum atomic E-state index is -0.0905. The Bertz CT molecular complexity index is 1190. The second kappa shape index (κ2) is 9.17. The maximum absolute atomic E-state index is 12.7. The molecule has 3 aromatic rings. The second-order valence-corrected chi connectivity index (χ2v) is 9.40. The molecule has 6 heteroatoms. The van der Waals surface area contributed by atoms with Gasteiger partial charge in [-0.1, -0.05) is 61.2 Å². The number of benzene rings is 2. The van der Waals surface area contributed by atoms with E-state index in [4.69, 9.17) is 10.1 Å². The van der Waals surface area contributed by atoms with Gasteiger partial charge >= 0.3 is 0 Å². The van der Waals surface area contributed by atoms with E-state index in [2.05, 4.69) is 30.4 Å². The van der Waals surface area contributed by atoms with Crippen LogP contribution in [0.4, 0.5) is 0 Å². The highest BCUT2D eigenvalue weighted by molar-refractivity contribution is 8.18. The highest BCUT2D eigenvalue weighted by Gasteiger charge is 2.26. The quantitative estimate of drug-likeness (QED) is 0.524. The Morgan fingerprint density at radius 2 is 1.91 bits per heavy atom. The first kappa shape index (κ1) is 20.8. The summed E-state index contributed by atoms with van der Waals surface area (Å²) in [7, 11) is 0. The Labute approximate surface area is 192 Å². The number of hydrogen-bond acceptors (Lipinski definition) is 4. The number of nitrogens with zero attached hydrogens (tertiary/aromatic N) is 3. The van der Waals surface area contributed by atoms with Crippen LogP contribution in [-0.2, 0) is 4.79 Å². The number of nitrogens with one attached hydrogen (secondary N) is 1. The van der Waals surface area contributed by atoms with Crippen molar-refractivity contribution in [2.45, 2.75) is 45.1 Å². The van der Waals surface area contributed by atoms with Gasteiger partial charge in [0.15, 0.2) is 5.17 Å². The number of amidine groups is 1. The summed E-state index contributed by atoms with van der Waals surface area (Å²) in [6.07, 6.45) is 9.89. The average Bonchev–Trinajstić information content (AvgIpc) is 3.38. The summed E-state index contributed by atoms with van der Waals surface area (Å²) >= 11 is 1.43. The lowest BCUT2D eigenvalue weighted by Gasteiger charge is -2.17. The molecule has 1 aliphatic heterocycles. The third-order valence-corrected chi connectivity index (χ3v) is 6.79. The standard InChI is InChI=1S/C26H26N4OS/c1-18-9-8-10-19(15-18)24-20(17-30(29-24)22-13-6-3-7-14-22)16-23-25(31)28-26(32-23)27-21-11-4-2-5-12-21/h3,6-10,13-17,21H,2,4-5,11-12H2,1H3,(H,27,28,31). The largest absolute Gasteiger partial charge is 0.301 e. The molecule has 32 heavy (non-hydrogen) atoms. The van der Waals surface area contributed by atoms with Gasteiger partial charge in [-0.05, 0) is 55.8 Å². The first-order valence-corrected chi connectivity index (χ1v) is 12.0. The van der Waals surface area contributed by atoms with Crippen molar-refractivity contribution < 1.29 is 4.79 Å². The van der Waals surface area contributed by atoms with Gasteiger partial charge in [0.05, 0.1) is 22.3 Å². The van der Waals surface area contributed by atoms with E-state index in [0.29, 0.717) is 10.9 Å². The van der Waals surface area contributed by atoms with Gasteiger partial charge in [0.2, 0.25) is 0 Å². The van der Waals surface area contributed by atoms with Crippen LogP contribution in [0.1, 0.15) is 43.2 Å². The molecule has 2 aliphatic rings. The predicted octanol–water partition coefficient (Wildman–Crippen LogP) is 5.74. The van der Waals surface area contributed by atoms with E-state index in [-0.39, 0.29) is 5.91 Å². The molecule has 0 bridgehead atoms.